The number of aromatic hydroxyl groups is 1. The number of carbonyl (C=O) groups excluding carboxylic acids is 3. The molecule has 2 N–H and O–H groups in total. The number of carbonyl (C=O) groups is 3. The van der Waals surface area contributed by atoms with Gasteiger partial charge in [0.1, 0.15) is 17.5 Å². The number of fused-ring (bicyclic) bond motifs is 2. The van der Waals surface area contributed by atoms with Crippen LogP contribution in [0.4, 0.5) is 11.4 Å². The van der Waals surface area contributed by atoms with Gasteiger partial charge in [0, 0.05) is 99.2 Å². The van der Waals surface area contributed by atoms with Crippen molar-refractivity contribution in [1.29, 1.82) is 0 Å². The summed E-state index contributed by atoms with van der Waals surface area (Å²) in [6.07, 6.45) is 6.93. The molecule has 3 aromatic rings. The van der Waals surface area contributed by atoms with Crippen LogP contribution in [0, 0.1) is 17.8 Å². The van der Waals surface area contributed by atoms with Crippen LogP contribution in [0.2, 0.25) is 0 Å². The van der Waals surface area contributed by atoms with E-state index in [9.17, 15) is 19.5 Å². The maximum Gasteiger partial charge on any atom is 0.255 e. The van der Waals surface area contributed by atoms with Gasteiger partial charge in [-0.3, -0.25) is 24.6 Å². The van der Waals surface area contributed by atoms with E-state index in [1.807, 2.05) is 12.1 Å². The molecule has 5 aliphatic heterocycles. The average molecular weight is 704 g/mol. The van der Waals surface area contributed by atoms with Gasteiger partial charge in [0.05, 0.1) is 6.61 Å². The normalized spacial score (nSPS) is 25.7. The Kier molecular flexibility index (Phi) is 8.81. The van der Waals surface area contributed by atoms with Crippen LogP contribution in [0.25, 0.3) is 0 Å². The quantitative estimate of drug-likeness (QED) is 0.327. The second-order valence-corrected chi connectivity index (χ2v) is 15.9. The summed E-state index contributed by atoms with van der Waals surface area (Å²) >= 11 is 0. The molecule has 0 radical (unpaired) electrons. The number of nitrogens with zero attached hydrogens (tertiary/aromatic N) is 4. The van der Waals surface area contributed by atoms with E-state index in [0.717, 1.165) is 69.4 Å². The fourth-order valence-corrected chi connectivity index (χ4v) is 9.70. The number of amides is 3. The Balaban J connectivity index is 0.768. The van der Waals surface area contributed by atoms with E-state index < -0.39 is 6.04 Å². The van der Waals surface area contributed by atoms with Gasteiger partial charge >= 0.3 is 0 Å². The molecule has 1 aliphatic carbocycles. The third-order valence-electron chi connectivity index (χ3n) is 12.9. The summed E-state index contributed by atoms with van der Waals surface area (Å²) in [6.45, 7) is 8.39. The van der Waals surface area contributed by atoms with Crippen LogP contribution in [-0.2, 0) is 16.1 Å². The van der Waals surface area contributed by atoms with Gasteiger partial charge in [-0.25, -0.2) is 0 Å². The lowest BCUT2D eigenvalue weighted by atomic mass is 9.66. The van der Waals surface area contributed by atoms with Gasteiger partial charge in [-0.15, -0.1) is 0 Å². The molecule has 4 fully saturated rings. The van der Waals surface area contributed by atoms with Crippen LogP contribution in [0.3, 0.4) is 0 Å². The van der Waals surface area contributed by atoms with Crippen LogP contribution >= 0.6 is 0 Å². The highest BCUT2D eigenvalue weighted by Gasteiger charge is 2.41. The number of phenolic OH excluding ortho intramolecular Hbond substituents is 1. The average Bonchev–Trinajstić information content (AvgIpc) is 3.46. The molecule has 9 rings (SSSR count). The summed E-state index contributed by atoms with van der Waals surface area (Å²) in [7, 11) is 0. The lowest BCUT2D eigenvalue weighted by Crippen LogP contribution is -2.52. The topological polar surface area (TPSA) is 106 Å². The Labute approximate surface area is 305 Å². The van der Waals surface area contributed by atoms with Gasteiger partial charge in [0.2, 0.25) is 11.8 Å². The number of hydrogen-bond donors (Lipinski definition) is 2. The Morgan fingerprint density at radius 3 is 2.27 bits per heavy atom. The number of piperidine rings is 2. The molecule has 1 saturated carbocycles. The molecule has 5 heterocycles. The predicted octanol–water partition coefficient (Wildman–Crippen LogP) is 5.13. The summed E-state index contributed by atoms with van der Waals surface area (Å²) in [4.78, 5) is 46.4. The largest absolute Gasteiger partial charge is 0.508 e. The summed E-state index contributed by atoms with van der Waals surface area (Å²) in [5.41, 5.74) is 6.63. The summed E-state index contributed by atoms with van der Waals surface area (Å²) in [5.74, 6) is 2.52. The summed E-state index contributed by atoms with van der Waals surface area (Å²) < 4.78 is 6.17. The van der Waals surface area contributed by atoms with E-state index in [1.54, 1.807) is 17.0 Å². The third kappa shape index (κ3) is 6.29. The number of phenols is 1. The molecule has 52 heavy (non-hydrogen) atoms. The summed E-state index contributed by atoms with van der Waals surface area (Å²) in [5, 5.41) is 12.5. The zero-order chi connectivity index (χ0) is 35.3. The van der Waals surface area contributed by atoms with Crippen molar-refractivity contribution in [2.45, 2.75) is 63.5 Å². The molecular formula is C42H49N5O5. The third-order valence-corrected chi connectivity index (χ3v) is 12.9. The monoisotopic (exact) mass is 703 g/mol. The highest BCUT2D eigenvalue weighted by molar-refractivity contribution is 6.05. The summed E-state index contributed by atoms with van der Waals surface area (Å²) in [6, 6.07) is 20.5. The van der Waals surface area contributed by atoms with Crippen molar-refractivity contribution in [1.82, 2.24) is 15.1 Å². The SMILES string of the molecule is O=C1CC[C@H](N2Cc3cc(N4CCN(CC5CCN(c6ccc([C@H]7c8ccc(O)cc8OC[C@H]7C7CCC7)cc6)CC5)CC4)ccc3C2=O)C(=O)N1. The van der Waals surface area contributed by atoms with E-state index in [-0.39, 0.29) is 29.9 Å². The standard InChI is InChI=1S/C42H49N5O5/c48-33-9-11-35-38(23-33)52-26-36(28-2-1-3-28)40(35)29-4-6-31(7-5-29)45-16-14-27(15-17-45)24-44-18-20-46(21-19-44)32-8-10-34-30(22-32)25-47(42(34)51)37-12-13-39(49)43-41(37)50/h4-11,22-23,27-28,36-37,40,48H,1-3,12-21,24-26H2,(H,43,49,50)/t36-,37-,40-/m0/s1. The first-order valence-electron chi connectivity index (χ1n) is 19.4. The van der Waals surface area contributed by atoms with Gasteiger partial charge in [0.15, 0.2) is 0 Å². The van der Waals surface area contributed by atoms with Crippen molar-refractivity contribution in [3.05, 3.63) is 82.9 Å². The van der Waals surface area contributed by atoms with E-state index >= 15 is 0 Å². The fraction of sp³-hybridized carbons (Fsp3) is 0.500. The molecule has 0 spiro atoms. The van der Waals surface area contributed by atoms with Gasteiger partial charge in [-0.05, 0) is 78.6 Å². The molecule has 3 atom stereocenters. The maximum absolute atomic E-state index is 13.1. The molecule has 3 saturated heterocycles. The Bertz CT molecular complexity index is 1840. The number of ether oxygens (including phenoxy) is 1. The second kappa shape index (κ2) is 13.8. The first-order valence-corrected chi connectivity index (χ1v) is 19.4. The Morgan fingerprint density at radius 2 is 1.54 bits per heavy atom. The van der Waals surface area contributed by atoms with Crippen LogP contribution < -0.4 is 19.9 Å². The zero-order valence-corrected chi connectivity index (χ0v) is 29.8. The van der Waals surface area contributed by atoms with E-state index in [0.29, 0.717) is 42.2 Å². The lowest BCUT2D eigenvalue weighted by molar-refractivity contribution is -0.136. The van der Waals surface area contributed by atoms with Crippen molar-refractivity contribution in [3.63, 3.8) is 0 Å². The van der Waals surface area contributed by atoms with Crippen LogP contribution in [0.15, 0.2) is 60.7 Å². The number of imide groups is 1. The van der Waals surface area contributed by atoms with Crippen molar-refractivity contribution in [2.75, 3.05) is 62.2 Å². The molecule has 3 amide bonds. The van der Waals surface area contributed by atoms with Crippen LogP contribution in [0.1, 0.15) is 77.9 Å². The maximum atomic E-state index is 13.1. The number of nitrogens with one attached hydrogen (secondary N) is 1. The van der Waals surface area contributed by atoms with E-state index in [4.69, 9.17) is 4.74 Å². The molecule has 272 valence electrons. The van der Waals surface area contributed by atoms with Crippen molar-refractivity contribution >= 4 is 29.1 Å². The van der Waals surface area contributed by atoms with Crippen molar-refractivity contribution in [2.24, 2.45) is 17.8 Å². The molecule has 0 bridgehead atoms. The van der Waals surface area contributed by atoms with Crippen LogP contribution in [0.5, 0.6) is 11.5 Å². The van der Waals surface area contributed by atoms with Gasteiger partial charge < -0.3 is 24.5 Å². The number of benzene rings is 3. The van der Waals surface area contributed by atoms with Crippen LogP contribution in [-0.4, -0.2) is 91.1 Å². The van der Waals surface area contributed by atoms with E-state index in [2.05, 4.69) is 56.4 Å². The lowest BCUT2D eigenvalue weighted by Gasteiger charge is -2.42. The number of rotatable bonds is 7. The Hall–Kier alpha value is -4.57. The molecular weight excluding hydrogens is 654 g/mol. The molecule has 10 nitrogen and oxygen atoms in total. The molecule has 0 aromatic heterocycles. The van der Waals surface area contributed by atoms with Crippen molar-refractivity contribution in [3.8, 4) is 11.5 Å². The number of piperazine rings is 1. The van der Waals surface area contributed by atoms with E-state index in [1.165, 1.54) is 48.9 Å². The number of anilines is 2. The van der Waals surface area contributed by atoms with Crippen molar-refractivity contribution < 1.29 is 24.2 Å². The molecule has 6 aliphatic rings. The zero-order valence-electron chi connectivity index (χ0n) is 29.8. The molecule has 10 heteroatoms. The van der Waals surface area contributed by atoms with Gasteiger partial charge in [-0.1, -0.05) is 37.5 Å². The second-order valence-electron chi connectivity index (χ2n) is 15.9. The first-order chi connectivity index (χ1) is 25.4. The minimum absolute atomic E-state index is 0.120. The highest BCUT2D eigenvalue weighted by Crippen LogP contribution is 2.50. The van der Waals surface area contributed by atoms with Gasteiger partial charge in [0.25, 0.3) is 5.91 Å². The highest BCUT2D eigenvalue weighted by atomic mass is 16.5. The smallest absolute Gasteiger partial charge is 0.255 e. The minimum Gasteiger partial charge on any atom is -0.508 e. The first kappa shape index (κ1) is 33.3. The molecule has 0 unspecified atom stereocenters. The predicted molar refractivity (Wildman–Crippen MR) is 199 cm³/mol. The van der Waals surface area contributed by atoms with Gasteiger partial charge in [-0.2, -0.15) is 0 Å². The fourth-order valence-electron chi connectivity index (χ4n) is 9.70. The number of hydrogen-bond acceptors (Lipinski definition) is 8. The Morgan fingerprint density at radius 1 is 0.788 bits per heavy atom. The minimum atomic E-state index is -0.583. The molecule has 3 aromatic carbocycles.